The van der Waals surface area contributed by atoms with Gasteiger partial charge in [-0.25, -0.2) is 0 Å². The van der Waals surface area contributed by atoms with E-state index in [2.05, 4.69) is 16.4 Å². The van der Waals surface area contributed by atoms with E-state index >= 15 is 0 Å². The Kier molecular flexibility index (Phi) is 5.04. The summed E-state index contributed by atoms with van der Waals surface area (Å²) >= 11 is 1.70. The van der Waals surface area contributed by atoms with Crippen LogP contribution in [0.5, 0.6) is 23.0 Å². The van der Waals surface area contributed by atoms with Crippen molar-refractivity contribution in [1.82, 2.24) is 15.0 Å². The molecule has 3 aromatic rings. The number of aromatic hydroxyl groups is 1. The van der Waals surface area contributed by atoms with Gasteiger partial charge >= 0.3 is 0 Å². The molecule has 0 radical (unpaired) electrons. The van der Waals surface area contributed by atoms with Gasteiger partial charge in [-0.1, -0.05) is 11.3 Å². The average Bonchev–Trinajstić information content (AvgIpc) is 3.37. The molecule has 2 aliphatic rings. The molecule has 0 bridgehead atoms. The molecule has 0 aliphatic carbocycles. The third kappa shape index (κ3) is 3.80. The first-order valence-electron chi connectivity index (χ1n) is 11.1. The summed E-state index contributed by atoms with van der Waals surface area (Å²) in [7, 11) is 0. The topological polar surface area (TPSA) is 78.6 Å². The van der Waals surface area contributed by atoms with Crippen LogP contribution in [0.25, 0.3) is 0 Å². The van der Waals surface area contributed by atoms with Crippen molar-refractivity contribution in [3.8, 4) is 23.0 Å². The highest BCUT2D eigenvalue weighted by Gasteiger charge is 2.39. The molecular formula is C25H29N3O4S. The SMILES string of the molecule is Cc1c(C)c2c(c(C)c1O)SCC(C)(c1cn(CCc3ccc4c(c3)OC(C)(C)O4)nn1)O2. The van der Waals surface area contributed by atoms with Crippen molar-refractivity contribution >= 4 is 11.8 Å². The highest BCUT2D eigenvalue weighted by atomic mass is 32.2. The molecule has 0 saturated heterocycles. The molecule has 5 rings (SSSR count). The summed E-state index contributed by atoms with van der Waals surface area (Å²) in [4.78, 5) is 1.01. The first-order chi connectivity index (χ1) is 15.6. The molecule has 1 unspecified atom stereocenters. The molecular weight excluding hydrogens is 438 g/mol. The van der Waals surface area contributed by atoms with Crippen LogP contribution in [0.15, 0.2) is 29.3 Å². The van der Waals surface area contributed by atoms with Gasteiger partial charge in [0.2, 0.25) is 5.79 Å². The van der Waals surface area contributed by atoms with Crippen molar-refractivity contribution < 1.29 is 19.3 Å². The summed E-state index contributed by atoms with van der Waals surface area (Å²) in [6.07, 6.45) is 2.77. The summed E-state index contributed by atoms with van der Waals surface area (Å²) in [6, 6.07) is 6.05. The number of thioether (sulfide) groups is 1. The third-order valence-corrected chi connectivity index (χ3v) is 7.88. The minimum atomic E-state index is -0.623. The summed E-state index contributed by atoms with van der Waals surface area (Å²) in [5.74, 6) is 2.81. The number of ether oxygens (including phenoxy) is 3. The molecule has 2 aliphatic heterocycles. The number of rotatable bonds is 4. The van der Waals surface area contributed by atoms with Crippen LogP contribution in [-0.2, 0) is 18.6 Å². The molecule has 1 atom stereocenters. The first kappa shape index (κ1) is 21.9. The second-order valence-corrected chi connectivity index (χ2v) is 10.5. The van der Waals surface area contributed by atoms with E-state index in [0.717, 1.165) is 56.5 Å². The number of fused-ring (bicyclic) bond motifs is 2. The monoisotopic (exact) mass is 467 g/mol. The largest absolute Gasteiger partial charge is 0.507 e. The molecule has 0 spiro atoms. The molecule has 0 saturated carbocycles. The molecule has 0 amide bonds. The smallest absolute Gasteiger partial charge is 0.246 e. The van der Waals surface area contributed by atoms with Crippen LogP contribution in [-0.4, -0.2) is 31.6 Å². The van der Waals surface area contributed by atoms with Gasteiger partial charge in [-0.15, -0.1) is 16.9 Å². The Balaban J connectivity index is 1.32. The highest BCUT2D eigenvalue weighted by molar-refractivity contribution is 7.99. The number of nitrogens with zero attached hydrogens (tertiary/aromatic N) is 3. The second-order valence-electron chi connectivity index (χ2n) is 9.51. The Hall–Kier alpha value is -2.87. The average molecular weight is 468 g/mol. The van der Waals surface area contributed by atoms with Crippen LogP contribution in [0.1, 0.15) is 48.7 Å². The van der Waals surface area contributed by atoms with Crippen molar-refractivity contribution in [1.29, 1.82) is 0 Å². The predicted octanol–water partition coefficient (Wildman–Crippen LogP) is 5.06. The predicted molar refractivity (Wildman–Crippen MR) is 127 cm³/mol. The van der Waals surface area contributed by atoms with Crippen LogP contribution in [0.4, 0.5) is 0 Å². The first-order valence-corrected chi connectivity index (χ1v) is 12.1. The van der Waals surface area contributed by atoms with E-state index in [1.165, 1.54) is 0 Å². The fourth-order valence-electron chi connectivity index (χ4n) is 4.28. The van der Waals surface area contributed by atoms with E-state index in [1.807, 2.05) is 64.6 Å². The Bertz CT molecular complexity index is 1250. The molecule has 174 valence electrons. The second kappa shape index (κ2) is 7.58. The van der Waals surface area contributed by atoms with Gasteiger partial charge < -0.3 is 19.3 Å². The molecule has 33 heavy (non-hydrogen) atoms. The lowest BCUT2D eigenvalue weighted by molar-refractivity contribution is -0.0431. The summed E-state index contributed by atoms with van der Waals surface area (Å²) in [5, 5.41) is 19.2. The minimum absolute atomic E-state index is 0.351. The van der Waals surface area contributed by atoms with Gasteiger partial charge in [0.15, 0.2) is 17.1 Å². The maximum atomic E-state index is 10.4. The fraction of sp³-hybridized carbons (Fsp3) is 0.440. The van der Waals surface area contributed by atoms with E-state index in [0.29, 0.717) is 18.0 Å². The Labute approximate surface area is 198 Å². The number of hydrogen-bond acceptors (Lipinski definition) is 7. The number of phenols is 1. The van der Waals surface area contributed by atoms with Gasteiger partial charge in [-0.3, -0.25) is 4.68 Å². The van der Waals surface area contributed by atoms with E-state index < -0.39 is 11.4 Å². The van der Waals surface area contributed by atoms with E-state index in [1.54, 1.807) is 11.8 Å². The standard InChI is InChI=1S/C25H29N3O4S/c1-14-15(2)22-23(16(3)21(14)29)33-13-25(6,32-22)20-12-28(27-26-20)10-9-17-7-8-18-19(11-17)31-24(4,5)30-18/h7-8,11-12,29H,9-10,13H2,1-6H3. The molecule has 1 N–H and O–H groups in total. The molecule has 1 aromatic heterocycles. The zero-order valence-corrected chi connectivity index (χ0v) is 20.7. The van der Waals surface area contributed by atoms with Crippen molar-refractivity contribution in [2.45, 2.75) is 70.8 Å². The normalized spacial score (nSPS) is 20.4. The lowest BCUT2D eigenvalue weighted by Crippen LogP contribution is -2.36. The Morgan fingerprint density at radius 2 is 1.79 bits per heavy atom. The summed E-state index contributed by atoms with van der Waals surface area (Å²) in [6.45, 7) is 12.4. The molecule has 7 nitrogen and oxygen atoms in total. The molecule has 0 fully saturated rings. The fourth-order valence-corrected chi connectivity index (χ4v) is 5.55. The zero-order chi connectivity index (χ0) is 23.5. The van der Waals surface area contributed by atoms with E-state index in [-0.39, 0.29) is 0 Å². The van der Waals surface area contributed by atoms with Gasteiger partial charge in [-0.2, -0.15) is 0 Å². The number of benzene rings is 2. The van der Waals surface area contributed by atoms with Gasteiger partial charge in [0.05, 0.1) is 11.1 Å². The Morgan fingerprint density at radius 3 is 2.58 bits per heavy atom. The van der Waals surface area contributed by atoms with Crippen molar-refractivity contribution in [3.63, 3.8) is 0 Å². The number of aromatic nitrogens is 3. The lowest BCUT2D eigenvalue weighted by atomic mass is 10.0. The van der Waals surface area contributed by atoms with Crippen LogP contribution in [0.2, 0.25) is 0 Å². The van der Waals surface area contributed by atoms with E-state index in [9.17, 15) is 5.11 Å². The van der Waals surface area contributed by atoms with Crippen LogP contribution in [0, 0.1) is 20.8 Å². The van der Waals surface area contributed by atoms with Crippen LogP contribution < -0.4 is 14.2 Å². The van der Waals surface area contributed by atoms with Crippen LogP contribution in [0.3, 0.4) is 0 Å². The summed E-state index contributed by atoms with van der Waals surface area (Å²) < 4.78 is 20.0. The number of aryl methyl sites for hydroxylation is 2. The van der Waals surface area contributed by atoms with Crippen molar-refractivity contribution in [2.24, 2.45) is 0 Å². The maximum absolute atomic E-state index is 10.4. The zero-order valence-electron chi connectivity index (χ0n) is 19.9. The number of phenolic OH excluding ortho intramolecular Hbond substituents is 1. The summed E-state index contributed by atoms with van der Waals surface area (Å²) in [5.41, 5.74) is 4.04. The third-order valence-electron chi connectivity index (χ3n) is 6.41. The molecule has 8 heteroatoms. The molecule has 2 aromatic carbocycles. The lowest BCUT2D eigenvalue weighted by Gasteiger charge is -2.35. The van der Waals surface area contributed by atoms with Gasteiger partial charge in [0.1, 0.15) is 17.2 Å². The van der Waals surface area contributed by atoms with E-state index in [4.69, 9.17) is 14.2 Å². The minimum Gasteiger partial charge on any atom is -0.507 e. The number of hydrogen-bond donors (Lipinski definition) is 1. The van der Waals surface area contributed by atoms with Crippen LogP contribution >= 0.6 is 11.8 Å². The van der Waals surface area contributed by atoms with Gasteiger partial charge in [0.25, 0.3) is 0 Å². The highest BCUT2D eigenvalue weighted by Crippen LogP contribution is 2.50. The van der Waals surface area contributed by atoms with Crippen molar-refractivity contribution in [2.75, 3.05) is 5.75 Å². The van der Waals surface area contributed by atoms with Gasteiger partial charge in [0, 0.05) is 31.7 Å². The Morgan fingerprint density at radius 1 is 1.03 bits per heavy atom. The van der Waals surface area contributed by atoms with Gasteiger partial charge in [-0.05, 0) is 62.9 Å². The van der Waals surface area contributed by atoms with Crippen molar-refractivity contribution in [3.05, 3.63) is 52.3 Å². The quantitative estimate of drug-likeness (QED) is 0.575. The molecule has 3 heterocycles. The maximum Gasteiger partial charge on any atom is 0.246 e.